The van der Waals surface area contributed by atoms with Crippen LogP contribution in [0, 0.1) is 17.2 Å². The number of carbonyl (C=O) groups excluding carboxylic acids is 1. The Morgan fingerprint density at radius 3 is 2.53 bits per heavy atom. The van der Waals surface area contributed by atoms with Crippen LogP contribution in [0.4, 0.5) is 4.79 Å². The number of aliphatic carboxylic acids is 1. The van der Waals surface area contributed by atoms with E-state index in [1.807, 2.05) is 19.9 Å². The first-order chi connectivity index (χ1) is 8.95. The minimum absolute atomic E-state index is 0.168. The summed E-state index contributed by atoms with van der Waals surface area (Å²) >= 11 is 0. The van der Waals surface area contributed by atoms with E-state index in [9.17, 15) is 9.59 Å². The fraction of sp³-hybridized carbons (Fsp3) is 0.769. The zero-order valence-electron chi connectivity index (χ0n) is 11.4. The van der Waals surface area contributed by atoms with Crippen molar-refractivity contribution in [3.05, 3.63) is 0 Å². The number of carbonyl (C=O) groups is 2. The first-order valence-corrected chi connectivity index (χ1v) is 6.62. The summed E-state index contributed by atoms with van der Waals surface area (Å²) in [7, 11) is 0. The van der Waals surface area contributed by atoms with E-state index < -0.39 is 12.0 Å². The van der Waals surface area contributed by atoms with Crippen LogP contribution in [-0.4, -0.2) is 40.6 Å². The van der Waals surface area contributed by atoms with Crippen molar-refractivity contribution in [2.75, 3.05) is 6.54 Å². The quantitative estimate of drug-likeness (QED) is 0.732. The molecule has 1 atom stereocenters. The van der Waals surface area contributed by atoms with Gasteiger partial charge in [-0.25, -0.2) is 9.59 Å². The predicted molar refractivity (Wildman–Crippen MR) is 69.4 cm³/mol. The van der Waals surface area contributed by atoms with E-state index in [2.05, 4.69) is 5.32 Å². The molecule has 1 rings (SSSR count). The number of nitrogens with zero attached hydrogens (tertiary/aromatic N) is 2. The normalized spacial score (nSPS) is 15.7. The molecule has 106 valence electrons. The third-order valence-electron chi connectivity index (χ3n) is 3.02. The highest BCUT2D eigenvalue weighted by Gasteiger charge is 2.34. The van der Waals surface area contributed by atoms with Gasteiger partial charge in [0.15, 0.2) is 0 Å². The van der Waals surface area contributed by atoms with Crippen molar-refractivity contribution in [2.45, 2.75) is 51.6 Å². The van der Waals surface area contributed by atoms with Gasteiger partial charge in [-0.15, -0.1) is 0 Å². The lowest BCUT2D eigenvalue weighted by molar-refractivity contribution is -0.139. The minimum atomic E-state index is -1.02. The summed E-state index contributed by atoms with van der Waals surface area (Å²) in [4.78, 5) is 24.8. The van der Waals surface area contributed by atoms with Crippen molar-refractivity contribution >= 4 is 12.0 Å². The molecular formula is C13H21N3O3. The number of nitriles is 1. The van der Waals surface area contributed by atoms with Crippen molar-refractivity contribution < 1.29 is 14.7 Å². The highest BCUT2D eigenvalue weighted by atomic mass is 16.4. The minimum Gasteiger partial charge on any atom is -0.480 e. The number of urea groups is 1. The number of nitrogens with one attached hydrogen (secondary N) is 1. The molecule has 0 aromatic carbocycles. The Morgan fingerprint density at radius 1 is 1.47 bits per heavy atom. The van der Waals surface area contributed by atoms with E-state index in [1.165, 1.54) is 0 Å². The maximum Gasteiger partial charge on any atom is 0.326 e. The SMILES string of the molecule is CC(C)CC(NC(=O)N(CCC#N)C1CC1)C(=O)O. The number of hydrogen-bond acceptors (Lipinski definition) is 3. The third kappa shape index (κ3) is 5.16. The van der Waals surface area contributed by atoms with Gasteiger partial charge in [-0.3, -0.25) is 0 Å². The summed E-state index contributed by atoms with van der Waals surface area (Å²) in [5.74, 6) is -0.826. The standard InChI is InChI=1S/C13H21N3O3/c1-9(2)8-11(12(17)18)15-13(19)16(7-3-6-14)10-4-5-10/h9-11H,3-5,7-8H2,1-2H3,(H,15,19)(H,17,18). The highest BCUT2D eigenvalue weighted by molar-refractivity contribution is 5.82. The summed E-state index contributed by atoms with van der Waals surface area (Å²) in [6.45, 7) is 4.19. The van der Waals surface area contributed by atoms with E-state index in [0.717, 1.165) is 12.8 Å². The molecule has 0 aliphatic heterocycles. The van der Waals surface area contributed by atoms with Crippen molar-refractivity contribution in [1.29, 1.82) is 5.26 Å². The lowest BCUT2D eigenvalue weighted by atomic mass is 10.0. The van der Waals surface area contributed by atoms with Crippen molar-refractivity contribution in [1.82, 2.24) is 10.2 Å². The fourth-order valence-electron chi connectivity index (χ4n) is 1.93. The molecular weight excluding hydrogens is 246 g/mol. The Kier molecular flexibility index (Phi) is 5.61. The summed E-state index contributed by atoms with van der Waals surface area (Å²) in [6, 6.07) is 0.940. The smallest absolute Gasteiger partial charge is 0.326 e. The van der Waals surface area contributed by atoms with E-state index >= 15 is 0 Å². The molecule has 19 heavy (non-hydrogen) atoms. The number of hydrogen-bond donors (Lipinski definition) is 2. The molecule has 1 aliphatic rings. The molecule has 0 saturated heterocycles. The Balaban J connectivity index is 2.57. The summed E-state index contributed by atoms with van der Waals surface area (Å²) in [6.07, 6.45) is 2.53. The van der Waals surface area contributed by atoms with Crippen LogP contribution in [-0.2, 0) is 4.79 Å². The lowest BCUT2D eigenvalue weighted by Crippen LogP contribution is -2.49. The van der Waals surface area contributed by atoms with Gasteiger partial charge < -0.3 is 15.3 Å². The van der Waals surface area contributed by atoms with Crippen LogP contribution in [0.5, 0.6) is 0 Å². The molecule has 1 unspecified atom stereocenters. The van der Waals surface area contributed by atoms with Crippen LogP contribution in [0.25, 0.3) is 0 Å². The predicted octanol–water partition coefficient (Wildman–Crippen LogP) is 1.57. The van der Waals surface area contributed by atoms with Gasteiger partial charge >= 0.3 is 12.0 Å². The van der Waals surface area contributed by atoms with Crippen molar-refractivity contribution in [3.63, 3.8) is 0 Å². The maximum atomic E-state index is 12.1. The molecule has 6 nitrogen and oxygen atoms in total. The molecule has 6 heteroatoms. The average molecular weight is 267 g/mol. The number of carboxylic acid groups (broad SMARTS) is 1. The molecule has 2 amide bonds. The van der Waals surface area contributed by atoms with E-state index in [4.69, 9.17) is 10.4 Å². The van der Waals surface area contributed by atoms with Gasteiger partial charge in [-0.1, -0.05) is 13.8 Å². The van der Waals surface area contributed by atoms with Crippen molar-refractivity contribution in [2.24, 2.45) is 5.92 Å². The van der Waals surface area contributed by atoms with Gasteiger partial charge in [-0.2, -0.15) is 5.26 Å². The molecule has 0 aromatic rings. The zero-order valence-corrected chi connectivity index (χ0v) is 11.4. The lowest BCUT2D eigenvalue weighted by Gasteiger charge is -2.25. The number of carboxylic acids is 1. The summed E-state index contributed by atoms with van der Waals surface area (Å²) in [5.41, 5.74) is 0. The largest absolute Gasteiger partial charge is 0.480 e. The van der Waals surface area contributed by atoms with Gasteiger partial charge in [0.2, 0.25) is 0 Å². The maximum absolute atomic E-state index is 12.1. The monoisotopic (exact) mass is 267 g/mol. The second kappa shape index (κ2) is 6.98. The molecule has 2 N–H and O–H groups in total. The number of rotatable bonds is 7. The van der Waals surface area contributed by atoms with E-state index in [-0.39, 0.29) is 24.4 Å². The fourth-order valence-corrected chi connectivity index (χ4v) is 1.93. The van der Waals surface area contributed by atoms with Crippen LogP contribution < -0.4 is 5.32 Å². The second-order valence-corrected chi connectivity index (χ2v) is 5.30. The molecule has 0 heterocycles. The van der Waals surface area contributed by atoms with Gasteiger partial charge in [-0.05, 0) is 25.2 Å². The Bertz CT molecular complexity index is 372. The highest BCUT2D eigenvalue weighted by Crippen LogP contribution is 2.27. The van der Waals surface area contributed by atoms with Gasteiger partial charge in [0.05, 0.1) is 12.5 Å². The van der Waals surface area contributed by atoms with Crippen LogP contribution in [0.2, 0.25) is 0 Å². The summed E-state index contributed by atoms with van der Waals surface area (Å²) in [5, 5.41) is 20.2. The molecule has 1 saturated carbocycles. The van der Waals surface area contributed by atoms with Gasteiger partial charge in [0.25, 0.3) is 0 Å². The average Bonchev–Trinajstić information content (AvgIpc) is 3.12. The summed E-state index contributed by atoms with van der Waals surface area (Å²) < 4.78 is 0. The topological polar surface area (TPSA) is 93.4 Å². The molecule has 0 radical (unpaired) electrons. The number of amides is 2. The van der Waals surface area contributed by atoms with Gasteiger partial charge in [0, 0.05) is 12.6 Å². The Morgan fingerprint density at radius 2 is 2.11 bits per heavy atom. The Labute approximate surface area is 113 Å². The van der Waals surface area contributed by atoms with Crippen molar-refractivity contribution in [3.8, 4) is 6.07 Å². The van der Waals surface area contributed by atoms with Crippen LogP contribution in [0.3, 0.4) is 0 Å². The molecule has 0 aromatic heterocycles. The Hall–Kier alpha value is -1.77. The van der Waals surface area contributed by atoms with Crippen LogP contribution in [0.1, 0.15) is 39.5 Å². The molecule has 0 spiro atoms. The van der Waals surface area contributed by atoms with E-state index in [0.29, 0.717) is 13.0 Å². The molecule has 0 bridgehead atoms. The van der Waals surface area contributed by atoms with E-state index in [1.54, 1.807) is 4.90 Å². The zero-order chi connectivity index (χ0) is 14.4. The molecule has 1 aliphatic carbocycles. The second-order valence-electron chi connectivity index (χ2n) is 5.30. The first kappa shape index (κ1) is 15.3. The van der Waals surface area contributed by atoms with Crippen LogP contribution >= 0.6 is 0 Å². The molecule has 1 fully saturated rings. The first-order valence-electron chi connectivity index (χ1n) is 6.62. The van der Waals surface area contributed by atoms with Gasteiger partial charge in [0.1, 0.15) is 6.04 Å². The third-order valence-corrected chi connectivity index (χ3v) is 3.02. The van der Waals surface area contributed by atoms with Crippen LogP contribution in [0.15, 0.2) is 0 Å².